The average Bonchev–Trinajstić information content (AvgIpc) is 2.78. The number of hydrogen-bond acceptors (Lipinski definition) is 0. The SMILES string of the molecule is C=P(I)(C1CCCC1)C1CCCC1. The summed E-state index contributed by atoms with van der Waals surface area (Å²) in [6.07, 6.45) is 16.6. The van der Waals surface area contributed by atoms with Crippen LogP contribution < -0.4 is 0 Å². The van der Waals surface area contributed by atoms with Gasteiger partial charge in [0.1, 0.15) is 0 Å². The molecule has 0 bridgehead atoms. The van der Waals surface area contributed by atoms with Crippen molar-refractivity contribution in [3.8, 4) is 0 Å². The van der Waals surface area contributed by atoms with Gasteiger partial charge in [0.2, 0.25) is 0 Å². The summed E-state index contributed by atoms with van der Waals surface area (Å²) in [7, 11) is 0. The Morgan fingerprint density at radius 3 is 1.46 bits per heavy atom. The molecule has 76 valence electrons. The molecule has 0 nitrogen and oxygen atoms in total. The summed E-state index contributed by atoms with van der Waals surface area (Å²) in [5.41, 5.74) is 2.08. The summed E-state index contributed by atoms with van der Waals surface area (Å²) in [6, 6.07) is 0. The van der Waals surface area contributed by atoms with E-state index in [0.717, 1.165) is 11.3 Å². The predicted octanol–water partition coefficient (Wildman–Crippen LogP) is 4.67. The first-order valence-corrected chi connectivity index (χ1v) is 10.5. The summed E-state index contributed by atoms with van der Waals surface area (Å²) in [5, 5.41) is 0. The van der Waals surface area contributed by atoms with E-state index in [9.17, 15) is 0 Å². The van der Waals surface area contributed by atoms with Gasteiger partial charge in [0.15, 0.2) is 0 Å². The molecule has 0 aromatic heterocycles. The molecule has 0 saturated heterocycles. The molecule has 13 heavy (non-hydrogen) atoms. The molecule has 2 fully saturated rings. The van der Waals surface area contributed by atoms with Crippen LogP contribution in [0.15, 0.2) is 0 Å². The Bertz CT molecular complexity index is 192. The number of halogens is 1. The standard InChI is InChI=1S/C11H20IP/c1-13(12,10-6-2-3-7-10)11-8-4-5-9-11/h10-11H,1-9H2. The van der Waals surface area contributed by atoms with Crippen LogP contribution in [-0.2, 0) is 0 Å². The van der Waals surface area contributed by atoms with E-state index in [1.54, 1.807) is 0 Å². The molecule has 0 atom stereocenters. The van der Waals surface area contributed by atoms with Crippen molar-refractivity contribution in [3.63, 3.8) is 0 Å². The lowest BCUT2D eigenvalue weighted by molar-refractivity contribution is 0.840. The van der Waals surface area contributed by atoms with Crippen molar-refractivity contribution in [1.29, 1.82) is 0 Å². The van der Waals surface area contributed by atoms with Crippen LogP contribution in [-0.4, -0.2) is 17.6 Å². The Hall–Kier alpha value is 1.03. The van der Waals surface area contributed by atoms with Gasteiger partial charge in [-0.2, -0.15) is 0 Å². The van der Waals surface area contributed by atoms with E-state index in [0.29, 0.717) is 0 Å². The van der Waals surface area contributed by atoms with E-state index in [2.05, 4.69) is 28.3 Å². The van der Waals surface area contributed by atoms with Crippen molar-refractivity contribution in [3.05, 3.63) is 0 Å². The van der Waals surface area contributed by atoms with Crippen LogP contribution in [0, 0.1) is 0 Å². The van der Waals surface area contributed by atoms with Gasteiger partial charge in [0.05, 0.1) is 0 Å². The third kappa shape index (κ3) is 2.17. The fourth-order valence-corrected chi connectivity index (χ4v) is 9.35. The van der Waals surface area contributed by atoms with Crippen molar-refractivity contribution in [2.75, 3.05) is 0 Å². The van der Waals surface area contributed by atoms with Gasteiger partial charge in [-0.05, 0) is 41.5 Å². The quantitative estimate of drug-likeness (QED) is 0.513. The highest BCUT2D eigenvalue weighted by atomic mass is 127. The molecule has 0 spiro atoms. The minimum Gasteiger partial charge on any atom is -0.0912 e. The van der Waals surface area contributed by atoms with E-state index in [1.165, 1.54) is 51.4 Å². The zero-order valence-electron chi connectivity index (χ0n) is 8.34. The van der Waals surface area contributed by atoms with E-state index in [4.69, 9.17) is 0 Å². The highest BCUT2D eigenvalue weighted by molar-refractivity contribution is 14.2. The van der Waals surface area contributed by atoms with Crippen LogP contribution in [0.5, 0.6) is 0 Å². The van der Waals surface area contributed by atoms with E-state index >= 15 is 0 Å². The van der Waals surface area contributed by atoms with E-state index in [1.807, 2.05) is 0 Å². The van der Waals surface area contributed by atoms with Crippen LogP contribution in [0.4, 0.5) is 0 Å². The Morgan fingerprint density at radius 2 is 1.15 bits per heavy atom. The summed E-state index contributed by atoms with van der Waals surface area (Å²) < 4.78 is -0.818. The topological polar surface area (TPSA) is 0 Å². The first-order valence-electron chi connectivity index (χ1n) is 5.63. The number of rotatable bonds is 2. The summed E-state index contributed by atoms with van der Waals surface area (Å²) in [4.78, 5) is 0. The predicted molar refractivity (Wildman–Crippen MR) is 72.6 cm³/mol. The van der Waals surface area contributed by atoms with Gasteiger partial charge >= 0.3 is 0 Å². The Kier molecular flexibility index (Phi) is 3.46. The van der Waals surface area contributed by atoms with Crippen molar-refractivity contribution >= 4 is 32.9 Å². The van der Waals surface area contributed by atoms with Gasteiger partial charge < -0.3 is 0 Å². The smallest absolute Gasteiger partial charge is 0.0129 e. The molecule has 0 heterocycles. The van der Waals surface area contributed by atoms with Gasteiger partial charge in [0.25, 0.3) is 0 Å². The minimum atomic E-state index is -0.818. The molecule has 0 unspecified atom stereocenters. The maximum Gasteiger partial charge on any atom is -0.0129 e. The van der Waals surface area contributed by atoms with Gasteiger partial charge in [-0.3, -0.25) is 0 Å². The lowest BCUT2D eigenvalue weighted by Gasteiger charge is -2.30. The van der Waals surface area contributed by atoms with Crippen molar-refractivity contribution in [1.82, 2.24) is 0 Å². The molecule has 0 aliphatic heterocycles. The summed E-state index contributed by atoms with van der Waals surface area (Å²) in [5.74, 6) is 0. The molecule has 0 amide bonds. The van der Waals surface area contributed by atoms with Crippen LogP contribution in [0.3, 0.4) is 0 Å². The van der Waals surface area contributed by atoms with Crippen molar-refractivity contribution in [2.45, 2.75) is 62.7 Å². The third-order valence-electron chi connectivity index (χ3n) is 3.86. The highest BCUT2D eigenvalue weighted by Gasteiger charge is 2.34. The molecule has 2 aliphatic rings. The normalized spacial score (nSPS) is 27.2. The second-order valence-electron chi connectivity index (χ2n) is 4.71. The molecule has 0 aromatic carbocycles. The Morgan fingerprint density at radius 1 is 0.846 bits per heavy atom. The van der Waals surface area contributed by atoms with Crippen molar-refractivity contribution in [2.24, 2.45) is 0 Å². The second kappa shape index (κ2) is 4.26. The minimum absolute atomic E-state index is 0.818. The monoisotopic (exact) mass is 310 g/mol. The van der Waals surface area contributed by atoms with Crippen LogP contribution in [0.1, 0.15) is 51.4 Å². The van der Waals surface area contributed by atoms with E-state index in [-0.39, 0.29) is 0 Å². The molecule has 0 N–H and O–H groups in total. The second-order valence-corrected chi connectivity index (χ2v) is 13.2. The zero-order chi connectivity index (χ0) is 9.31. The largest absolute Gasteiger partial charge is 0.0912 e. The molecule has 0 aromatic rings. The van der Waals surface area contributed by atoms with Gasteiger partial charge in [0, 0.05) is 0 Å². The fourth-order valence-electron chi connectivity index (χ4n) is 2.97. The third-order valence-corrected chi connectivity index (χ3v) is 12.1. The summed E-state index contributed by atoms with van der Waals surface area (Å²) >= 11 is 2.78. The van der Waals surface area contributed by atoms with E-state index < -0.39 is 4.53 Å². The molecular weight excluding hydrogens is 290 g/mol. The van der Waals surface area contributed by atoms with Gasteiger partial charge in [-0.15, -0.1) is 0 Å². The molecule has 2 saturated carbocycles. The zero-order valence-corrected chi connectivity index (χ0v) is 11.4. The lowest BCUT2D eigenvalue weighted by atomic mass is 10.4. The maximum absolute atomic E-state index is 4.63. The molecule has 2 aliphatic carbocycles. The van der Waals surface area contributed by atoms with Crippen LogP contribution >= 0.6 is 26.6 Å². The maximum atomic E-state index is 4.63. The first kappa shape index (κ1) is 10.5. The molecule has 0 radical (unpaired) electrons. The van der Waals surface area contributed by atoms with Crippen LogP contribution in [0.2, 0.25) is 0 Å². The first-order chi connectivity index (χ1) is 6.21. The van der Waals surface area contributed by atoms with Gasteiger partial charge in [-0.25, -0.2) is 0 Å². The average molecular weight is 310 g/mol. The van der Waals surface area contributed by atoms with Crippen LogP contribution in [0.25, 0.3) is 0 Å². The molecular formula is C11H20IP. The Labute approximate surface area is 95.3 Å². The molecule has 2 heteroatoms. The number of hydrogen-bond donors (Lipinski definition) is 0. The lowest BCUT2D eigenvalue weighted by Crippen LogP contribution is -2.09. The Balaban J connectivity index is 2.04. The highest BCUT2D eigenvalue weighted by Crippen LogP contribution is 2.69. The fraction of sp³-hybridized carbons (Fsp3) is 0.909. The van der Waals surface area contributed by atoms with Crippen molar-refractivity contribution < 1.29 is 0 Å². The van der Waals surface area contributed by atoms with Gasteiger partial charge in [-0.1, -0.05) is 54.0 Å². The summed E-state index contributed by atoms with van der Waals surface area (Å²) in [6.45, 7) is 0. The molecule has 2 rings (SSSR count).